The molecule has 0 unspecified atom stereocenters. The Kier molecular flexibility index (Phi) is 5.07. The Labute approximate surface area is 146 Å². The summed E-state index contributed by atoms with van der Waals surface area (Å²) in [5, 5.41) is 7.83. The molecule has 1 aromatic carbocycles. The number of carbonyl (C=O) groups excluding carboxylic acids is 2. The number of thiazole rings is 1. The molecule has 0 aliphatic carbocycles. The summed E-state index contributed by atoms with van der Waals surface area (Å²) in [6.45, 7) is 0.275. The summed E-state index contributed by atoms with van der Waals surface area (Å²) in [6.07, 6.45) is 0.185. The van der Waals surface area contributed by atoms with Crippen molar-refractivity contribution >= 4 is 49.8 Å². The van der Waals surface area contributed by atoms with Gasteiger partial charge in [-0.15, -0.1) is 11.3 Å². The van der Waals surface area contributed by atoms with E-state index in [4.69, 9.17) is 4.74 Å². The molecule has 0 aliphatic heterocycles. The van der Waals surface area contributed by atoms with E-state index in [1.54, 1.807) is 13.2 Å². The van der Waals surface area contributed by atoms with E-state index in [0.717, 1.165) is 10.2 Å². The Morgan fingerprint density at radius 3 is 2.88 bits per heavy atom. The predicted octanol–water partition coefficient (Wildman–Crippen LogP) is 3.13. The van der Waals surface area contributed by atoms with Crippen LogP contribution in [0.25, 0.3) is 10.2 Å². The second-order valence-corrected chi connectivity index (χ2v) is 6.84. The second kappa shape index (κ2) is 7.41. The highest BCUT2D eigenvalue weighted by Crippen LogP contribution is 2.32. The van der Waals surface area contributed by atoms with Crippen molar-refractivity contribution in [2.24, 2.45) is 0 Å². The van der Waals surface area contributed by atoms with E-state index in [1.165, 1.54) is 22.7 Å². The SMILES string of the molecule is COc1cccc2sc(NC(=O)CCNC(=O)c3cccs3)nc12. The first-order valence-electron chi connectivity index (χ1n) is 7.22. The molecule has 0 bridgehead atoms. The molecule has 2 heterocycles. The van der Waals surface area contributed by atoms with Crippen molar-refractivity contribution in [1.82, 2.24) is 10.3 Å². The van der Waals surface area contributed by atoms with Crippen molar-refractivity contribution in [2.45, 2.75) is 6.42 Å². The average molecular weight is 361 g/mol. The maximum absolute atomic E-state index is 12.0. The zero-order valence-electron chi connectivity index (χ0n) is 12.9. The second-order valence-electron chi connectivity index (χ2n) is 4.86. The average Bonchev–Trinajstić information content (AvgIpc) is 3.23. The van der Waals surface area contributed by atoms with E-state index in [1.807, 2.05) is 29.6 Å². The first-order valence-corrected chi connectivity index (χ1v) is 8.92. The number of ether oxygens (including phenoxy) is 1. The maximum Gasteiger partial charge on any atom is 0.261 e. The summed E-state index contributed by atoms with van der Waals surface area (Å²) in [5.74, 6) is 0.314. The van der Waals surface area contributed by atoms with E-state index in [9.17, 15) is 9.59 Å². The van der Waals surface area contributed by atoms with Crippen LogP contribution in [0.5, 0.6) is 5.75 Å². The Hall–Kier alpha value is -2.45. The van der Waals surface area contributed by atoms with Crippen LogP contribution in [-0.2, 0) is 4.79 Å². The van der Waals surface area contributed by atoms with Gasteiger partial charge in [-0.25, -0.2) is 4.98 Å². The molecule has 24 heavy (non-hydrogen) atoms. The van der Waals surface area contributed by atoms with Gasteiger partial charge in [-0.1, -0.05) is 23.5 Å². The fourth-order valence-corrected chi connectivity index (χ4v) is 3.65. The highest BCUT2D eigenvalue weighted by atomic mass is 32.1. The van der Waals surface area contributed by atoms with E-state index in [0.29, 0.717) is 15.8 Å². The van der Waals surface area contributed by atoms with Gasteiger partial charge in [0.25, 0.3) is 5.91 Å². The van der Waals surface area contributed by atoms with Crippen LogP contribution in [-0.4, -0.2) is 30.5 Å². The lowest BCUT2D eigenvalue weighted by atomic mass is 10.3. The Balaban J connectivity index is 1.54. The van der Waals surface area contributed by atoms with Gasteiger partial charge in [0.2, 0.25) is 5.91 Å². The molecule has 124 valence electrons. The molecule has 0 atom stereocenters. The minimum Gasteiger partial charge on any atom is -0.494 e. The van der Waals surface area contributed by atoms with Gasteiger partial charge in [-0.3, -0.25) is 9.59 Å². The van der Waals surface area contributed by atoms with Gasteiger partial charge in [-0.05, 0) is 23.6 Å². The van der Waals surface area contributed by atoms with Crippen LogP contribution in [0.1, 0.15) is 16.1 Å². The smallest absolute Gasteiger partial charge is 0.261 e. The largest absolute Gasteiger partial charge is 0.494 e. The predicted molar refractivity (Wildman–Crippen MR) is 96.1 cm³/mol. The molecule has 0 aliphatic rings. The van der Waals surface area contributed by atoms with Gasteiger partial charge in [0.15, 0.2) is 5.13 Å². The lowest BCUT2D eigenvalue weighted by molar-refractivity contribution is -0.116. The lowest BCUT2D eigenvalue weighted by Gasteiger charge is -2.03. The number of carbonyl (C=O) groups is 2. The van der Waals surface area contributed by atoms with Gasteiger partial charge < -0.3 is 15.4 Å². The highest BCUT2D eigenvalue weighted by molar-refractivity contribution is 7.22. The van der Waals surface area contributed by atoms with Crippen LogP contribution < -0.4 is 15.4 Å². The lowest BCUT2D eigenvalue weighted by Crippen LogP contribution is -2.27. The molecule has 0 saturated carbocycles. The van der Waals surface area contributed by atoms with E-state index >= 15 is 0 Å². The molecule has 3 rings (SSSR count). The summed E-state index contributed by atoms with van der Waals surface area (Å²) in [7, 11) is 1.59. The summed E-state index contributed by atoms with van der Waals surface area (Å²) >= 11 is 2.75. The minimum atomic E-state index is -0.195. The van der Waals surface area contributed by atoms with Crippen LogP contribution >= 0.6 is 22.7 Å². The Bertz CT molecular complexity index is 859. The van der Waals surface area contributed by atoms with E-state index in [-0.39, 0.29) is 24.8 Å². The molecule has 8 heteroatoms. The number of amides is 2. The van der Waals surface area contributed by atoms with Gasteiger partial charge in [0, 0.05) is 13.0 Å². The normalized spacial score (nSPS) is 10.5. The first kappa shape index (κ1) is 16.4. The van der Waals surface area contributed by atoms with E-state index in [2.05, 4.69) is 15.6 Å². The summed E-state index contributed by atoms with van der Waals surface area (Å²) in [5.41, 5.74) is 0.728. The molecule has 0 fully saturated rings. The number of rotatable bonds is 6. The van der Waals surface area contributed by atoms with E-state index < -0.39 is 0 Å². The molecule has 6 nitrogen and oxygen atoms in total. The summed E-state index contributed by atoms with van der Waals surface area (Å²) in [4.78, 5) is 28.8. The molecule has 0 saturated heterocycles. The van der Waals surface area contributed by atoms with Crippen LogP contribution in [0.3, 0.4) is 0 Å². The monoisotopic (exact) mass is 361 g/mol. The zero-order chi connectivity index (χ0) is 16.9. The third kappa shape index (κ3) is 3.72. The number of anilines is 1. The van der Waals surface area contributed by atoms with Crippen molar-refractivity contribution in [1.29, 1.82) is 0 Å². The molecule has 2 N–H and O–H groups in total. The maximum atomic E-state index is 12.0. The number of nitrogens with zero attached hydrogens (tertiary/aromatic N) is 1. The number of hydrogen-bond donors (Lipinski definition) is 2. The van der Waals surface area contributed by atoms with Gasteiger partial charge >= 0.3 is 0 Å². The van der Waals surface area contributed by atoms with Crippen molar-refractivity contribution in [3.05, 3.63) is 40.6 Å². The number of thiophene rings is 1. The molecular weight excluding hydrogens is 346 g/mol. The molecule has 0 radical (unpaired) electrons. The van der Waals surface area contributed by atoms with Crippen molar-refractivity contribution < 1.29 is 14.3 Å². The Morgan fingerprint density at radius 2 is 2.12 bits per heavy atom. The van der Waals surface area contributed by atoms with Crippen LogP contribution in [0.15, 0.2) is 35.7 Å². The molecule has 3 aromatic rings. The van der Waals surface area contributed by atoms with Crippen LogP contribution in [0, 0.1) is 0 Å². The van der Waals surface area contributed by atoms with Gasteiger partial charge in [0.1, 0.15) is 11.3 Å². The number of para-hydroxylation sites is 1. The number of hydrogen-bond acceptors (Lipinski definition) is 6. The number of benzene rings is 1. The molecule has 2 aromatic heterocycles. The topological polar surface area (TPSA) is 80.3 Å². The van der Waals surface area contributed by atoms with Crippen molar-refractivity contribution in [3.8, 4) is 5.75 Å². The quantitative estimate of drug-likeness (QED) is 0.707. The summed E-state index contributed by atoms with van der Waals surface area (Å²) < 4.78 is 6.20. The zero-order valence-corrected chi connectivity index (χ0v) is 14.5. The Morgan fingerprint density at radius 1 is 1.25 bits per heavy atom. The molecular formula is C16H15N3O3S2. The van der Waals surface area contributed by atoms with Gasteiger partial charge in [-0.2, -0.15) is 0 Å². The third-order valence-corrected chi connectivity index (χ3v) is 5.04. The number of methoxy groups -OCH3 is 1. The first-order chi connectivity index (χ1) is 11.7. The third-order valence-electron chi connectivity index (χ3n) is 3.23. The fourth-order valence-electron chi connectivity index (χ4n) is 2.11. The number of nitrogens with one attached hydrogen (secondary N) is 2. The number of aromatic nitrogens is 1. The van der Waals surface area contributed by atoms with Crippen molar-refractivity contribution in [2.75, 3.05) is 19.0 Å². The molecule has 0 spiro atoms. The highest BCUT2D eigenvalue weighted by Gasteiger charge is 2.11. The minimum absolute atomic E-state index is 0.164. The van der Waals surface area contributed by atoms with Gasteiger partial charge in [0.05, 0.1) is 16.7 Å². The van der Waals surface area contributed by atoms with Crippen LogP contribution in [0.4, 0.5) is 5.13 Å². The molecule has 2 amide bonds. The van der Waals surface area contributed by atoms with Crippen molar-refractivity contribution in [3.63, 3.8) is 0 Å². The standard InChI is InChI=1S/C16H15N3O3S2/c1-22-10-4-2-5-11-14(10)19-16(24-11)18-13(20)7-8-17-15(21)12-6-3-9-23-12/h2-6,9H,7-8H2,1H3,(H,17,21)(H,18,19,20). The van der Waals surface area contributed by atoms with Crippen LogP contribution in [0.2, 0.25) is 0 Å². The summed E-state index contributed by atoms with van der Waals surface area (Å²) in [6, 6.07) is 9.19. The fraction of sp³-hybridized carbons (Fsp3) is 0.188. The number of fused-ring (bicyclic) bond motifs is 1.